The summed E-state index contributed by atoms with van der Waals surface area (Å²) in [5.74, 6) is 0. The maximum Gasteiger partial charge on any atom is 0.416 e. The molecule has 1 N–H and O–H groups in total. The Morgan fingerprint density at radius 2 is 1.86 bits per heavy atom. The number of alkyl halides is 3. The first-order valence-corrected chi connectivity index (χ1v) is 12.0. The van der Waals surface area contributed by atoms with Crippen LogP contribution in [0.15, 0.2) is 67.0 Å². The molecule has 6 nitrogen and oxygen atoms in total. The largest absolute Gasteiger partial charge is 0.416 e. The predicted molar refractivity (Wildman–Crippen MR) is 130 cm³/mol. The second kappa shape index (κ2) is 9.96. The van der Waals surface area contributed by atoms with E-state index in [9.17, 15) is 13.2 Å². The van der Waals surface area contributed by atoms with Gasteiger partial charge in [0.25, 0.3) is 0 Å². The molecule has 0 radical (unpaired) electrons. The number of pyridine rings is 1. The Bertz CT molecular complexity index is 1160. The van der Waals surface area contributed by atoms with Crippen LogP contribution in [0.25, 0.3) is 5.69 Å². The van der Waals surface area contributed by atoms with Crippen LogP contribution in [-0.4, -0.2) is 63.9 Å². The van der Waals surface area contributed by atoms with Gasteiger partial charge < -0.3 is 19.5 Å². The van der Waals surface area contributed by atoms with Crippen molar-refractivity contribution in [1.29, 1.82) is 0 Å². The van der Waals surface area contributed by atoms with Crippen LogP contribution in [0.3, 0.4) is 0 Å². The number of nitrogens with one attached hydrogen (secondary N) is 1. The lowest BCUT2D eigenvalue weighted by molar-refractivity contribution is -0.137. The molecule has 5 rings (SSSR count). The number of ether oxygens (including phenoxy) is 1. The molecule has 0 aliphatic carbocycles. The van der Waals surface area contributed by atoms with Gasteiger partial charge in [-0.3, -0.25) is 9.88 Å². The first kappa shape index (κ1) is 23.8. The smallest absolute Gasteiger partial charge is 0.379 e. The molecule has 35 heavy (non-hydrogen) atoms. The molecule has 3 aromatic rings. The Morgan fingerprint density at radius 1 is 1.03 bits per heavy atom. The molecule has 0 spiro atoms. The van der Waals surface area contributed by atoms with E-state index in [1.165, 1.54) is 12.1 Å². The minimum atomic E-state index is -4.42. The monoisotopic (exact) mass is 501 g/mol. The van der Waals surface area contributed by atoms with E-state index in [1.807, 2.05) is 34.9 Å². The topological polar surface area (TPSA) is 45.6 Å². The van der Waals surface area contributed by atoms with Gasteiger partial charge in [0.05, 0.1) is 36.6 Å². The Hall–Kier alpha value is -2.95. The summed E-state index contributed by atoms with van der Waals surface area (Å²) >= 11 is 5.75. The third-order valence-corrected chi connectivity index (χ3v) is 6.85. The zero-order valence-corrected chi connectivity index (χ0v) is 19.8. The van der Waals surface area contributed by atoms with Gasteiger partial charge in [-0.25, -0.2) is 0 Å². The highest BCUT2D eigenvalue weighted by atomic mass is 32.1. The number of morpholine rings is 1. The van der Waals surface area contributed by atoms with E-state index in [0.717, 1.165) is 37.1 Å². The third-order valence-electron chi connectivity index (χ3n) is 6.49. The average Bonchev–Trinajstić information content (AvgIpc) is 3.47. The number of thiocarbonyl (C=S) groups is 1. The van der Waals surface area contributed by atoms with Crippen LogP contribution >= 0.6 is 12.2 Å². The van der Waals surface area contributed by atoms with Gasteiger partial charge in [-0.05, 0) is 54.7 Å². The van der Waals surface area contributed by atoms with Gasteiger partial charge in [0, 0.05) is 50.0 Å². The van der Waals surface area contributed by atoms with E-state index in [4.69, 9.17) is 17.0 Å². The van der Waals surface area contributed by atoms with Crippen LogP contribution in [0.5, 0.6) is 0 Å². The van der Waals surface area contributed by atoms with Crippen molar-refractivity contribution in [1.82, 2.24) is 24.7 Å². The van der Waals surface area contributed by atoms with Gasteiger partial charge in [-0.15, -0.1) is 0 Å². The molecule has 4 heterocycles. The fourth-order valence-corrected chi connectivity index (χ4v) is 5.08. The molecule has 2 aliphatic rings. The Balaban J connectivity index is 1.51. The SMILES string of the molecule is FC(F)(F)c1cccc(-n2cccc2[C@H]2[C@H](c3ccccn3)NC(=S)N2CCN2CCOCC2)c1. The molecular weight excluding hydrogens is 475 g/mol. The lowest BCUT2D eigenvalue weighted by atomic mass is 10.0. The number of hydrogen-bond donors (Lipinski definition) is 1. The highest BCUT2D eigenvalue weighted by Crippen LogP contribution is 2.40. The van der Waals surface area contributed by atoms with Gasteiger partial charge in [-0.2, -0.15) is 13.2 Å². The fraction of sp³-hybridized carbons (Fsp3) is 0.360. The Kier molecular flexibility index (Phi) is 6.77. The average molecular weight is 502 g/mol. The van der Waals surface area contributed by atoms with Crippen molar-refractivity contribution in [3.8, 4) is 5.69 Å². The normalized spacial score (nSPS) is 21.3. The predicted octanol–water partition coefficient (Wildman–Crippen LogP) is 4.20. The zero-order chi connectivity index (χ0) is 24.4. The van der Waals surface area contributed by atoms with Crippen molar-refractivity contribution in [3.05, 3.63) is 83.9 Å². The van der Waals surface area contributed by atoms with E-state index < -0.39 is 11.7 Å². The first-order chi connectivity index (χ1) is 16.9. The maximum absolute atomic E-state index is 13.4. The van der Waals surface area contributed by atoms with E-state index >= 15 is 0 Å². The summed E-state index contributed by atoms with van der Waals surface area (Å²) in [6.45, 7) is 4.63. The highest BCUT2D eigenvalue weighted by Gasteiger charge is 2.41. The second-order valence-electron chi connectivity index (χ2n) is 8.63. The lowest BCUT2D eigenvalue weighted by Crippen LogP contribution is -2.42. The highest BCUT2D eigenvalue weighted by molar-refractivity contribution is 7.80. The van der Waals surface area contributed by atoms with Crippen molar-refractivity contribution < 1.29 is 17.9 Å². The summed E-state index contributed by atoms with van der Waals surface area (Å²) in [5.41, 5.74) is 1.44. The van der Waals surface area contributed by atoms with Crippen molar-refractivity contribution in [3.63, 3.8) is 0 Å². The summed E-state index contributed by atoms with van der Waals surface area (Å²) in [4.78, 5) is 9.02. The van der Waals surface area contributed by atoms with Gasteiger partial charge in [0.2, 0.25) is 0 Å². The van der Waals surface area contributed by atoms with Crippen LogP contribution in [0.1, 0.15) is 29.0 Å². The Labute approximate surface area is 207 Å². The van der Waals surface area contributed by atoms with Gasteiger partial charge in [0.15, 0.2) is 5.11 Å². The number of hydrogen-bond acceptors (Lipinski definition) is 4. The van der Waals surface area contributed by atoms with Crippen molar-refractivity contribution >= 4 is 17.3 Å². The number of aromatic nitrogens is 2. The standard InChI is InChI=1S/C25H26F3N5OS/c26-25(27,28)18-5-3-6-19(17-18)32-10-4-8-21(32)23-22(20-7-1-2-9-29-20)30-24(35)33(23)12-11-31-13-15-34-16-14-31/h1-10,17,22-23H,11-16H2,(H,30,35)/t22-,23-/m0/s1. The van der Waals surface area contributed by atoms with Crippen LogP contribution in [-0.2, 0) is 10.9 Å². The van der Waals surface area contributed by atoms with Crippen molar-refractivity contribution in [2.75, 3.05) is 39.4 Å². The molecule has 0 bridgehead atoms. The summed E-state index contributed by atoms with van der Waals surface area (Å²) in [6.07, 6.45) is -0.887. The van der Waals surface area contributed by atoms with Crippen molar-refractivity contribution in [2.24, 2.45) is 0 Å². The van der Waals surface area contributed by atoms with Gasteiger partial charge >= 0.3 is 6.18 Å². The summed E-state index contributed by atoms with van der Waals surface area (Å²) < 4.78 is 47.5. The van der Waals surface area contributed by atoms with E-state index in [1.54, 1.807) is 18.5 Å². The van der Waals surface area contributed by atoms with Crippen molar-refractivity contribution in [2.45, 2.75) is 18.3 Å². The van der Waals surface area contributed by atoms with Gasteiger partial charge in [-0.1, -0.05) is 12.1 Å². The fourth-order valence-electron chi connectivity index (χ4n) is 4.74. The Morgan fingerprint density at radius 3 is 2.60 bits per heavy atom. The summed E-state index contributed by atoms with van der Waals surface area (Å²) in [5, 5.41) is 4.03. The molecule has 0 saturated carbocycles. The summed E-state index contributed by atoms with van der Waals surface area (Å²) in [7, 11) is 0. The molecule has 2 atom stereocenters. The molecule has 2 saturated heterocycles. The molecule has 0 unspecified atom stereocenters. The lowest BCUT2D eigenvalue weighted by Gasteiger charge is -2.32. The molecule has 0 amide bonds. The third kappa shape index (κ3) is 5.05. The van der Waals surface area contributed by atoms with E-state index in [0.29, 0.717) is 30.6 Å². The molecule has 1 aromatic carbocycles. The summed E-state index contributed by atoms with van der Waals surface area (Å²) in [6, 6.07) is 14.4. The van der Waals surface area contributed by atoms with E-state index in [2.05, 4.69) is 20.1 Å². The minimum absolute atomic E-state index is 0.243. The number of rotatable bonds is 6. The molecule has 10 heteroatoms. The quantitative estimate of drug-likeness (QED) is 0.511. The van der Waals surface area contributed by atoms with Crippen LogP contribution in [0.4, 0.5) is 13.2 Å². The second-order valence-corrected chi connectivity index (χ2v) is 9.01. The first-order valence-electron chi connectivity index (χ1n) is 11.5. The minimum Gasteiger partial charge on any atom is -0.379 e. The molecular formula is C25H26F3N5OS. The molecule has 184 valence electrons. The number of benzene rings is 1. The number of nitrogens with zero attached hydrogens (tertiary/aromatic N) is 4. The molecule has 2 fully saturated rings. The number of halogens is 3. The van der Waals surface area contributed by atoms with E-state index in [-0.39, 0.29) is 12.1 Å². The molecule has 2 aromatic heterocycles. The van der Waals surface area contributed by atoms with Crippen LogP contribution < -0.4 is 5.32 Å². The molecule has 2 aliphatic heterocycles. The van der Waals surface area contributed by atoms with Gasteiger partial charge in [0.1, 0.15) is 0 Å². The van der Waals surface area contributed by atoms with Crippen LogP contribution in [0.2, 0.25) is 0 Å². The van der Waals surface area contributed by atoms with Crippen LogP contribution in [0, 0.1) is 0 Å². The maximum atomic E-state index is 13.4. The zero-order valence-electron chi connectivity index (χ0n) is 19.0.